The number of carbonyl (C=O) groups is 2. The molecule has 3 N–H and O–H groups in total. The predicted octanol–water partition coefficient (Wildman–Crippen LogP) is 3.99. The van der Waals surface area contributed by atoms with Crippen LogP contribution < -0.4 is 16.0 Å². The lowest BCUT2D eigenvalue weighted by atomic mass is 9.97. The molecule has 7 heteroatoms. The monoisotopic (exact) mass is 379 g/mol. The highest BCUT2D eigenvalue weighted by Gasteiger charge is 2.09. The third kappa shape index (κ3) is 5.90. The Balaban J connectivity index is 1.49. The first-order valence-corrected chi connectivity index (χ1v) is 9.53. The van der Waals surface area contributed by atoms with Crippen LogP contribution >= 0.6 is 0 Å². The maximum Gasteiger partial charge on any atom is 0.275 e. The van der Waals surface area contributed by atoms with Gasteiger partial charge in [-0.2, -0.15) is 0 Å². The summed E-state index contributed by atoms with van der Waals surface area (Å²) in [5.74, 6) is 0.183. The van der Waals surface area contributed by atoms with Crippen molar-refractivity contribution in [2.24, 2.45) is 0 Å². The second kappa shape index (κ2) is 9.64. The van der Waals surface area contributed by atoms with Gasteiger partial charge in [0.2, 0.25) is 5.91 Å². The molecule has 2 aromatic rings. The lowest BCUT2D eigenvalue weighted by Gasteiger charge is -2.13. The number of hydrogen-bond acceptors (Lipinski definition) is 5. The van der Waals surface area contributed by atoms with E-state index < -0.39 is 0 Å². The number of carbonyl (C=O) groups excluding carboxylic acids is 2. The Morgan fingerprint density at radius 2 is 1.75 bits per heavy atom. The Bertz CT molecular complexity index is 844. The average molecular weight is 379 g/mol. The maximum atomic E-state index is 12.3. The van der Waals surface area contributed by atoms with Gasteiger partial charge in [-0.05, 0) is 56.4 Å². The molecule has 0 saturated carbocycles. The summed E-state index contributed by atoms with van der Waals surface area (Å²) in [6.07, 6.45) is 11.3. The number of hydrogen-bond donors (Lipinski definition) is 3. The molecule has 0 bridgehead atoms. The number of benzene rings is 1. The van der Waals surface area contributed by atoms with E-state index >= 15 is 0 Å². The third-order valence-corrected chi connectivity index (χ3v) is 4.48. The van der Waals surface area contributed by atoms with Crippen LogP contribution in [0.1, 0.15) is 49.5 Å². The Kier molecular flexibility index (Phi) is 6.73. The molecule has 0 unspecified atom stereocenters. The van der Waals surface area contributed by atoms with Crippen LogP contribution in [0.5, 0.6) is 0 Å². The number of nitrogens with one attached hydrogen (secondary N) is 3. The van der Waals surface area contributed by atoms with E-state index in [1.807, 2.05) is 0 Å². The number of nitrogens with zero attached hydrogens (tertiary/aromatic N) is 2. The van der Waals surface area contributed by atoms with E-state index in [0.29, 0.717) is 17.2 Å². The number of allylic oxidation sites excluding steroid dienone is 1. The first kappa shape index (κ1) is 19.5. The summed E-state index contributed by atoms with van der Waals surface area (Å²) in [7, 11) is 0. The number of anilines is 3. The van der Waals surface area contributed by atoms with E-state index in [1.54, 1.807) is 30.5 Å². The van der Waals surface area contributed by atoms with Gasteiger partial charge < -0.3 is 16.0 Å². The van der Waals surface area contributed by atoms with Crippen LogP contribution in [-0.4, -0.2) is 28.3 Å². The highest BCUT2D eigenvalue weighted by Crippen LogP contribution is 2.20. The number of amides is 2. The third-order valence-electron chi connectivity index (χ3n) is 4.48. The zero-order valence-electron chi connectivity index (χ0n) is 16.0. The van der Waals surface area contributed by atoms with Crippen LogP contribution in [0.2, 0.25) is 0 Å². The highest BCUT2D eigenvalue weighted by atomic mass is 16.2. The standard InChI is InChI=1S/C21H25N5O2/c1-15(27)25-17-7-9-18(10-8-17)26-21(28)19-13-24-20(14-23-19)22-12-11-16-5-3-2-4-6-16/h5,7-10,13-14H,2-4,6,11-12H2,1H3,(H,22,24)(H,25,27)(H,26,28). The minimum absolute atomic E-state index is 0.142. The van der Waals surface area contributed by atoms with E-state index in [4.69, 9.17) is 0 Å². The minimum atomic E-state index is -0.335. The molecule has 1 heterocycles. The van der Waals surface area contributed by atoms with Crippen molar-refractivity contribution in [3.05, 3.63) is 54.0 Å². The molecule has 0 aliphatic heterocycles. The van der Waals surface area contributed by atoms with Crippen molar-refractivity contribution < 1.29 is 9.59 Å². The second-order valence-electron chi connectivity index (χ2n) is 6.78. The molecule has 1 aliphatic rings. The molecule has 0 radical (unpaired) electrons. The smallest absolute Gasteiger partial charge is 0.275 e. The molecule has 0 saturated heterocycles. The fourth-order valence-corrected chi connectivity index (χ4v) is 3.05. The van der Waals surface area contributed by atoms with Crippen molar-refractivity contribution >= 4 is 29.0 Å². The highest BCUT2D eigenvalue weighted by molar-refractivity contribution is 6.02. The van der Waals surface area contributed by atoms with E-state index in [9.17, 15) is 9.59 Å². The van der Waals surface area contributed by atoms with Crippen molar-refractivity contribution in [3.8, 4) is 0 Å². The molecule has 2 amide bonds. The molecule has 146 valence electrons. The van der Waals surface area contributed by atoms with E-state index in [-0.39, 0.29) is 17.5 Å². The first-order valence-electron chi connectivity index (χ1n) is 9.53. The Labute approximate surface area is 164 Å². The van der Waals surface area contributed by atoms with Gasteiger partial charge in [0, 0.05) is 24.8 Å². The molecule has 3 rings (SSSR count). The minimum Gasteiger partial charge on any atom is -0.368 e. The van der Waals surface area contributed by atoms with Crippen molar-refractivity contribution in [1.82, 2.24) is 9.97 Å². The fraction of sp³-hybridized carbons (Fsp3) is 0.333. The van der Waals surface area contributed by atoms with Crippen LogP contribution in [0.15, 0.2) is 48.3 Å². The lowest BCUT2D eigenvalue weighted by Crippen LogP contribution is -2.15. The SMILES string of the molecule is CC(=O)Nc1ccc(NC(=O)c2cnc(NCCC3=CCCCC3)cn2)cc1. The zero-order valence-corrected chi connectivity index (χ0v) is 16.0. The molecule has 28 heavy (non-hydrogen) atoms. The van der Waals surface area contributed by atoms with Gasteiger partial charge in [0.05, 0.1) is 12.4 Å². The summed E-state index contributed by atoms with van der Waals surface area (Å²) in [4.78, 5) is 31.8. The Morgan fingerprint density at radius 3 is 2.36 bits per heavy atom. The zero-order chi connectivity index (χ0) is 19.8. The van der Waals surface area contributed by atoms with E-state index in [0.717, 1.165) is 13.0 Å². The van der Waals surface area contributed by atoms with Crippen LogP contribution in [0.4, 0.5) is 17.2 Å². The molecule has 1 aromatic heterocycles. The molecule has 7 nitrogen and oxygen atoms in total. The topological polar surface area (TPSA) is 96.0 Å². The van der Waals surface area contributed by atoms with Crippen molar-refractivity contribution in [1.29, 1.82) is 0 Å². The second-order valence-corrected chi connectivity index (χ2v) is 6.78. The van der Waals surface area contributed by atoms with Crippen LogP contribution in [-0.2, 0) is 4.79 Å². The Hall–Kier alpha value is -3.22. The van der Waals surface area contributed by atoms with Crippen LogP contribution in [0.25, 0.3) is 0 Å². The number of rotatable bonds is 7. The summed E-state index contributed by atoms with van der Waals surface area (Å²) in [5.41, 5.74) is 3.03. The summed E-state index contributed by atoms with van der Waals surface area (Å²) in [5, 5.41) is 8.69. The molecule has 1 aliphatic carbocycles. The number of aromatic nitrogens is 2. The summed E-state index contributed by atoms with van der Waals surface area (Å²) >= 11 is 0. The molecule has 0 fully saturated rings. The molecule has 0 spiro atoms. The molecule has 1 aromatic carbocycles. The van der Waals surface area contributed by atoms with E-state index in [1.165, 1.54) is 44.4 Å². The van der Waals surface area contributed by atoms with Gasteiger partial charge in [-0.3, -0.25) is 9.59 Å². The molecular formula is C21H25N5O2. The van der Waals surface area contributed by atoms with Gasteiger partial charge in [-0.25, -0.2) is 9.97 Å². The summed E-state index contributed by atoms with van der Waals surface area (Å²) < 4.78 is 0. The van der Waals surface area contributed by atoms with Gasteiger partial charge >= 0.3 is 0 Å². The molecule has 0 atom stereocenters. The quantitative estimate of drug-likeness (QED) is 0.632. The fourth-order valence-electron chi connectivity index (χ4n) is 3.05. The molecular weight excluding hydrogens is 354 g/mol. The summed E-state index contributed by atoms with van der Waals surface area (Å²) in [6.45, 7) is 2.26. The Morgan fingerprint density at radius 1 is 1.00 bits per heavy atom. The largest absolute Gasteiger partial charge is 0.368 e. The van der Waals surface area contributed by atoms with Gasteiger partial charge in [0.15, 0.2) is 0 Å². The van der Waals surface area contributed by atoms with Crippen molar-refractivity contribution in [2.45, 2.75) is 39.0 Å². The lowest BCUT2D eigenvalue weighted by molar-refractivity contribution is -0.114. The average Bonchev–Trinajstić information content (AvgIpc) is 2.70. The van der Waals surface area contributed by atoms with Gasteiger partial charge in [-0.15, -0.1) is 0 Å². The van der Waals surface area contributed by atoms with Gasteiger partial charge in [0.25, 0.3) is 5.91 Å². The van der Waals surface area contributed by atoms with Crippen molar-refractivity contribution in [2.75, 3.05) is 22.5 Å². The van der Waals surface area contributed by atoms with Gasteiger partial charge in [-0.1, -0.05) is 11.6 Å². The van der Waals surface area contributed by atoms with Crippen molar-refractivity contribution in [3.63, 3.8) is 0 Å². The summed E-state index contributed by atoms with van der Waals surface area (Å²) in [6, 6.07) is 6.87. The van der Waals surface area contributed by atoms with Crippen LogP contribution in [0.3, 0.4) is 0 Å². The van der Waals surface area contributed by atoms with E-state index in [2.05, 4.69) is 32.0 Å². The first-order chi connectivity index (χ1) is 13.6. The van der Waals surface area contributed by atoms with Crippen LogP contribution in [0, 0.1) is 0 Å². The maximum absolute atomic E-state index is 12.3. The normalized spacial score (nSPS) is 13.4. The van der Waals surface area contributed by atoms with Gasteiger partial charge in [0.1, 0.15) is 11.5 Å². The predicted molar refractivity (Wildman–Crippen MR) is 110 cm³/mol.